The lowest BCUT2D eigenvalue weighted by Crippen LogP contribution is -2.67. The van der Waals surface area contributed by atoms with E-state index in [0.29, 0.717) is 49.2 Å². The Hall–Kier alpha value is -1.87. The van der Waals surface area contributed by atoms with Gasteiger partial charge in [-0.3, -0.25) is 4.79 Å². The lowest BCUT2D eigenvalue weighted by atomic mass is 9.46. The number of aliphatic hydroxyl groups is 1. The van der Waals surface area contributed by atoms with Crippen molar-refractivity contribution in [1.82, 2.24) is 0 Å². The number of esters is 2. The topological polar surface area (TPSA) is 174 Å². The molecule has 0 aromatic heterocycles. The molecule has 16 nitrogen and oxygen atoms in total. The summed E-state index contributed by atoms with van der Waals surface area (Å²) in [5.74, 6) is -1.11. The van der Waals surface area contributed by atoms with E-state index >= 15 is 0 Å². The Kier molecular flexibility index (Phi) is 25.6. The highest BCUT2D eigenvalue weighted by Crippen LogP contribution is 2.70. The minimum absolute atomic E-state index is 0.00453. The van der Waals surface area contributed by atoms with E-state index < -0.39 is 123 Å². The van der Waals surface area contributed by atoms with Crippen molar-refractivity contribution in [1.29, 1.82) is 0 Å². The quantitative estimate of drug-likeness (QED) is 0.0437. The molecule has 3 saturated carbocycles. The molecule has 0 bridgehead atoms. The van der Waals surface area contributed by atoms with Gasteiger partial charge in [-0.15, -0.1) is 0 Å². The summed E-state index contributed by atoms with van der Waals surface area (Å²) in [7, 11) is -7.78. The van der Waals surface area contributed by atoms with Crippen LogP contribution in [-0.4, -0.2) is 157 Å². The zero-order chi connectivity index (χ0) is 68.3. The molecule has 0 unspecified atom stereocenters. The molecule has 1 N–H and O–H groups in total. The van der Waals surface area contributed by atoms with Gasteiger partial charge in [-0.25, -0.2) is 4.79 Å². The number of rotatable bonds is 30. The first kappa shape index (κ1) is 76.9. The molecule has 17 atom stereocenters. The van der Waals surface area contributed by atoms with Crippen LogP contribution < -0.4 is 4.74 Å². The summed E-state index contributed by atoms with van der Waals surface area (Å²) < 4.78 is 91.8. The summed E-state index contributed by atoms with van der Waals surface area (Å²) in [4.78, 5) is 29.0. The number of carbonyl (C=O) groups is 2. The lowest BCUT2D eigenvalue weighted by Gasteiger charge is -2.61. The van der Waals surface area contributed by atoms with Crippen molar-refractivity contribution in [2.75, 3.05) is 33.5 Å². The number of fused-ring (bicyclic) bond motifs is 5. The Morgan fingerprint density at radius 2 is 1.20 bits per heavy atom. The number of hydrogen-bond acceptors (Lipinski definition) is 16. The Morgan fingerprint density at radius 3 is 1.72 bits per heavy atom. The molecular formula is C73H128O16Si4. The van der Waals surface area contributed by atoms with E-state index in [0.717, 1.165) is 99.3 Å². The van der Waals surface area contributed by atoms with Crippen molar-refractivity contribution in [2.24, 2.45) is 40.4 Å². The molecule has 3 saturated heterocycles. The van der Waals surface area contributed by atoms with Crippen molar-refractivity contribution in [2.45, 2.75) is 328 Å². The summed E-state index contributed by atoms with van der Waals surface area (Å²) in [6.45, 7) is 45.3. The van der Waals surface area contributed by atoms with Gasteiger partial charge < -0.3 is 65.4 Å². The molecule has 3 heterocycles. The normalized spacial score (nSPS) is 34.5. The molecule has 4 aliphatic carbocycles. The summed E-state index contributed by atoms with van der Waals surface area (Å²) >= 11 is 0. The molecule has 8 rings (SSSR count). The summed E-state index contributed by atoms with van der Waals surface area (Å²) in [6.07, 6.45) is 1.52. The molecule has 1 aromatic carbocycles. The summed E-state index contributed by atoms with van der Waals surface area (Å²) in [5.41, 5.74) is -0.324. The maximum absolute atomic E-state index is 14.9. The van der Waals surface area contributed by atoms with Crippen LogP contribution in [0.4, 0.5) is 0 Å². The predicted octanol–water partition coefficient (Wildman–Crippen LogP) is 16.3. The Balaban J connectivity index is 1.23. The first-order chi connectivity index (χ1) is 43.9. The third kappa shape index (κ3) is 15.4. The van der Waals surface area contributed by atoms with Gasteiger partial charge in [0.1, 0.15) is 23.6 Å². The maximum atomic E-state index is 14.9. The highest BCUT2D eigenvalue weighted by molar-refractivity contribution is 6.75. The van der Waals surface area contributed by atoms with Crippen LogP contribution in [0.25, 0.3) is 0 Å². The molecule has 0 radical (unpaired) electrons. The van der Waals surface area contributed by atoms with Crippen LogP contribution >= 0.6 is 0 Å². The zero-order valence-corrected chi connectivity index (χ0v) is 65.7. The predicted molar refractivity (Wildman–Crippen MR) is 375 cm³/mol. The highest BCUT2D eigenvalue weighted by Gasteiger charge is 2.73. The van der Waals surface area contributed by atoms with Crippen LogP contribution in [0.2, 0.25) is 72.5 Å². The van der Waals surface area contributed by atoms with Gasteiger partial charge in [0.05, 0.1) is 57.4 Å². The van der Waals surface area contributed by atoms with Gasteiger partial charge in [0.2, 0.25) is 0 Å². The number of benzene rings is 1. The lowest BCUT2D eigenvalue weighted by molar-refractivity contribution is -0.348. The second-order valence-electron chi connectivity index (χ2n) is 31.6. The Morgan fingerprint density at radius 1 is 0.677 bits per heavy atom. The number of carbonyl (C=O) groups excluding carboxylic acids is 2. The molecule has 0 amide bonds. The average Bonchev–Trinajstić information content (AvgIpc) is 1.57. The third-order valence-corrected chi connectivity index (χ3v) is 44.5. The second kappa shape index (κ2) is 30.9. The molecule has 93 heavy (non-hydrogen) atoms. The van der Waals surface area contributed by atoms with Gasteiger partial charge >= 0.3 is 11.9 Å². The SMILES string of the molecule is CC[Si](CC)(CC)O[C@@H]1[C@@H](OC(=O)c2ccc(OC)cc2)[C@H](O[C@@H]2[C@@H](OC(C)=O)[C@H](O[C@H]3C[C@H]4[C@@H]5CC=C6C[C@@H](O[Si](C)(C)C(C)(C)C)CC[C@]6(C)[C@H]5CC[C@]4(C)[C@@]3(O)[C@H](C)C3(CCC(C)C)OCCO3)OC[C@@H]2O[Si](CC)(CC)CC)OC[C@H]1O[Si](CC)(CC)CC. The van der Waals surface area contributed by atoms with Gasteiger partial charge in [0, 0.05) is 30.8 Å². The van der Waals surface area contributed by atoms with Crippen molar-refractivity contribution >= 4 is 45.2 Å². The largest absolute Gasteiger partial charge is 0.497 e. The van der Waals surface area contributed by atoms with Crippen LogP contribution in [0, 0.1) is 40.4 Å². The van der Waals surface area contributed by atoms with Crippen molar-refractivity contribution in [3.63, 3.8) is 0 Å². The first-order valence-electron chi connectivity index (χ1n) is 36.9. The molecular weight excluding hydrogens is 1250 g/mol. The van der Waals surface area contributed by atoms with Gasteiger partial charge in [-0.2, -0.15) is 0 Å². The van der Waals surface area contributed by atoms with Gasteiger partial charge in [-0.1, -0.05) is 129 Å². The average molecular weight is 1370 g/mol. The van der Waals surface area contributed by atoms with Crippen LogP contribution in [0.5, 0.6) is 5.75 Å². The summed E-state index contributed by atoms with van der Waals surface area (Å²) in [5, 5.41) is 14.9. The zero-order valence-electron chi connectivity index (χ0n) is 61.7. The first-order valence-corrected chi connectivity index (χ1v) is 47.4. The Bertz CT molecular complexity index is 2590. The molecule has 20 heteroatoms. The number of hydrogen-bond donors (Lipinski definition) is 1. The number of allylic oxidation sites excluding steroid dienone is 1. The second-order valence-corrected chi connectivity index (χ2v) is 50.5. The third-order valence-electron chi connectivity index (χ3n) is 26.0. The fourth-order valence-corrected chi connectivity index (χ4v) is 28.0. The summed E-state index contributed by atoms with van der Waals surface area (Å²) in [6, 6.07) is 14.5. The number of ether oxygens (including phenoxy) is 9. The monoisotopic (exact) mass is 1370 g/mol. The van der Waals surface area contributed by atoms with Crippen molar-refractivity contribution < 1.29 is 75.0 Å². The van der Waals surface area contributed by atoms with Crippen LogP contribution in [-0.2, 0) is 60.4 Å². The van der Waals surface area contributed by atoms with E-state index in [1.54, 1.807) is 36.9 Å². The minimum Gasteiger partial charge on any atom is -0.497 e. The Labute approximate surface area is 566 Å². The molecule has 3 aliphatic heterocycles. The minimum atomic E-state index is -2.52. The van der Waals surface area contributed by atoms with Gasteiger partial charge in [0.15, 0.2) is 63.8 Å². The van der Waals surface area contributed by atoms with E-state index in [-0.39, 0.29) is 41.6 Å². The van der Waals surface area contributed by atoms with E-state index in [1.807, 2.05) is 0 Å². The van der Waals surface area contributed by atoms with E-state index in [1.165, 1.54) is 6.92 Å². The van der Waals surface area contributed by atoms with Crippen LogP contribution in [0.15, 0.2) is 35.9 Å². The van der Waals surface area contributed by atoms with E-state index in [2.05, 4.69) is 137 Å². The molecule has 1 aromatic rings. The molecule has 6 fully saturated rings. The fraction of sp³-hybridized carbons (Fsp3) is 0.863. The number of methoxy groups -OCH3 is 1. The standard InChI is InChI=1S/C73H128O16Si4/c1-22-91(23-2,24-3)87-59-47-78-67(64(82-51(13)74)62(59)85-68-65(84-66(75)52-31-34-54(77-19)35-32-52)63(89-93(28-7,29-8)30-9)60(48-79-68)88-92(25-4,26-5)27-6)83-61-46-58-56-36-33-53-45-55(86-90(20,21)69(14,15)16)38-40-70(53,17)57(56)39-41-71(58,18)73(61,76)50(12)72(42-37-49(10)11)80-43-44-81-72/h31-35,49-50,55-65,67-68,76H,22-30,36-48H2,1-21H3/t50-,55+,56-,57+,58+,59+,60-,61+,62+,63+,64-,65-,67+,68+,70+,71+,73-/m1/s1. The maximum Gasteiger partial charge on any atom is 0.338 e. The molecule has 532 valence electrons. The van der Waals surface area contributed by atoms with E-state index in [4.69, 9.17) is 60.3 Å². The van der Waals surface area contributed by atoms with Crippen molar-refractivity contribution in [3.8, 4) is 5.75 Å². The van der Waals surface area contributed by atoms with Gasteiger partial charge in [-0.05, 0) is 177 Å². The molecule has 7 aliphatic rings. The van der Waals surface area contributed by atoms with Crippen LogP contribution in [0.3, 0.4) is 0 Å². The van der Waals surface area contributed by atoms with Crippen LogP contribution in [0.1, 0.15) is 193 Å². The van der Waals surface area contributed by atoms with Gasteiger partial charge in [0.25, 0.3) is 0 Å². The molecule has 0 spiro atoms. The highest BCUT2D eigenvalue weighted by atomic mass is 28.4. The smallest absolute Gasteiger partial charge is 0.338 e. The van der Waals surface area contributed by atoms with Crippen molar-refractivity contribution in [3.05, 3.63) is 41.5 Å². The fourth-order valence-electron chi connectivity index (χ4n) is 18.0. The van der Waals surface area contributed by atoms with E-state index in [9.17, 15) is 14.7 Å².